The summed E-state index contributed by atoms with van der Waals surface area (Å²) < 4.78 is 18.3. The highest BCUT2D eigenvalue weighted by atomic mass is 35.5. The molecule has 1 atom stereocenters. The number of likely N-dealkylation sites (tertiary alicyclic amines) is 1. The minimum Gasteiger partial charge on any atom is -0.492 e. The van der Waals surface area contributed by atoms with Crippen LogP contribution in [0.15, 0.2) is 73.6 Å². The van der Waals surface area contributed by atoms with Crippen molar-refractivity contribution in [3.8, 4) is 34.4 Å². The van der Waals surface area contributed by atoms with E-state index < -0.39 is 0 Å². The van der Waals surface area contributed by atoms with Crippen LogP contribution >= 0.6 is 23.2 Å². The fourth-order valence-corrected chi connectivity index (χ4v) is 5.85. The van der Waals surface area contributed by atoms with Crippen LogP contribution in [0, 0.1) is 18.3 Å². The van der Waals surface area contributed by atoms with Crippen LogP contribution in [-0.4, -0.2) is 47.3 Å². The van der Waals surface area contributed by atoms with Crippen molar-refractivity contribution < 1.29 is 19.3 Å². The third kappa shape index (κ3) is 8.16. The second-order valence-corrected chi connectivity index (χ2v) is 11.7. The Morgan fingerprint density at radius 2 is 1.82 bits per heavy atom. The molecular weight excluding hydrogens is 609 g/mol. The van der Waals surface area contributed by atoms with Crippen LogP contribution in [0.3, 0.4) is 0 Å². The van der Waals surface area contributed by atoms with Crippen LogP contribution in [0.1, 0.15) is 40.7 Å². The average molecular weight is 645 g/mol. The lowest BCUT2D eigenvalue weighted by Gasteiger charge is -2.17. The van der Waals surface area contributed by atoms with Crippen LogP contribution in [0.4, 0.5) is 0 Å². The molecule has 0 unspecified atom stereocenters. The van der Waals surface area contributed by atoms with E-state index in [-0.39, 0.29) is 19.3 Å². The predicted octanol–water partition coefficient (Wildman–Crippen LogP) is 7.87. The molecular formula is C36H35Cl2N3O4. The first kappa shape index (κ1) is 32.3. The van der Waals surface area contributed by atoms with E-state index in [0.29, 0.717) is 39.5 Å². The summed E-state index contributed by atoms with van der Waals surface area (Å²) in [7, 11) is 0. The van der Waals surface area contributed by atoms with Gasteiger partial charge in [0.15, 0.2) is 0 Å². The van der Waals surface area contributed by atoms with E-state index in [1.807, 2.05) is 43.3 Å². The Morgan fingerprint density at radius 3 is 2.60 bits per heavy atom. The van der Waals surface area contributed by atoms with Gasteiger partial charge < -0.3 is 24.2 Å². The molecule has 0 bridgehead atoms. The molecule has 4 aromatic rings. The lowest BCUT2D eigenvalue weighted by Crippen LogP contribution is -2.24. The molecule has 1 aliphatic heterocycles. The van der Waals surface area contributed by atoms with Crippen LogP contribution in [-0.2, 0) is 13.2 Å². The molecule has 232 valence electrons. The number of nitriles is 1. The highest BCUT2D eigenvalue weighted by Gasteiger charge is 2.20. The third-order valence-corrected chi connectivity index (χ3v) is 8.49. The van der Waals surface area contributed by atoms with Crippen molar-refractivity contribution in [3.05, 3.63) is 111 Å². The Balaban J connectivity index is 1.26. The first-order valence-corrected chi connectivity index (χ1v) is 15.6. The SMILES string of the molecule is C=Cc1cc(Cl)c(OCc2cccc(-c3cccc(OCCCN4CC[C@@H](O)C4)c3Cl)c2C)cc1OCc1cncc(C#N)c1. The number of aromatic nitrogens is 1. The molecule has 9 heteroatoms. The molecule has 3 aromatic carbocycles. The van der Waals surface area contributed by atoms with Gasteiger partial charge in [0, 0.05) is 54.8 Å². The van der Waals surface area contributed by atoms with Crippen molar-refractivity contribution in [2.45, 2.75) is 39.1 Å². The maximum Gasteiger partial charge on any atom is 0.142 e. The monoisotopic (exact) mass is 643 g/mol. The molecule has 1 saturated heterocycles. The summed E-state index contributed by atoms with van der Waals surface area (Å²) >= 11 is 13.4. The van der Waals surface area contributed by atoms with Crippen LogP contribution < -0.4 is 14.2 Å². The fraction of sp³-hybridized carbons (Fsp3) is 0.278. The third-order valence-electron chi connectivity index (χ3n) is 7.81. The molecule has 7 nitrogen and oxygen atoms in total. The number of hydrogen-bond donors (Lipinski definition) is 1. The van der Waals surface area contributed by atoms with Gasteiger partial charge in [-0.1, -0.05) is 66.2 Å². The Morgan fingerprint density at radius 1 is 1.02 bits per heavy atom. The van der Waals surface area contributed by atoms with Crippen LogP contribution in [0.5, 0.6) is 17.2 Å². The summed E-state index contributed by atoms with van der Waals surface area (Å²) in [6.07, 6.45) is 6.31. The van der Waals surface area contributed by atoms with Crippen molar-refractivity contribution in [1.82, 2.24) is 9.88 Å². The summed E-state index contributed by atoms with van der Waals surface area (Å²) in [4.78, 5) is 6.35. The van der Waals surface area contributed by atoms with Crippen LogP contribution in [0.25, 0.3) is 17.2 Å². The number of aliphatic hydroxyl groups excluding tert-OH is 1. The number of hydrogen-bond acceptors (Lipinski definition) is 7. The predicted molar refractivity (Wildman–Crippen MR) is 178 cm³/mol. The largest absolute Gasteiger partial charge is 0.492 e. The maximum absolute atomic E-state index is 9.73. The molecule has 1 aromatic heterocycles. The van der Waals surface area contributed by atoms with Gasteiger partial charge in [-0.3, -0.25) is 4.98 Å². The van der Waals surface area contributed by atoms with Crippen molar-refractivity contribution in [2.24, 2.45) is 0 Å². The van der Waals surface area contributed by atoms with Gasteiger partial charge in [0.05, 0.1) is 28.3 Å². The zero-order chi connectivity index (χ0) is 31.8. The maximum atomic E-state index is 9.73. The highest BCUT2D eigenvalue weighted by molar-refractivity contribution is 6.35. The van der Waals surface area contributed by atoms with E-state index in [0.717, 1.165) is 65.9 Å². The lowest BCUT2D eigenvalue weighted by molar-refractivity contribution is 0.173. The molecule has 2 heterocycles. The first-order chi connectivity index (χ1) is 21.9. The van der Waals surface area contributed by atoms with E-state index in [1.165, 1.54) is 6.20 Å². The number of pyridine rings is 1. The topological polar surface area (TPSA) is 87.8 Å². The number of aliphatic hydroxyl groups is 1. The van der Waals surface area contributed by atoms with E-state index in [9.17, 15) is 5.11 Å². The summed E-state index contributed by atoms with van der Waals surface area (Å²) in [5.74, 6) is 1.68. The first-order valence-electron chi connectivity index (χ1n) is 14.8. The number of rotatable bonds is 13. The minimum absolute atomic E-state index is 0.217. The molecule has 1 N–H and O–H groups in total. The molecule has 0 aliphatic carbocycles. The number of halogens is 2. The molecule has 1 fully saturated rings. The molecule has 1 aliphatic rings. The van der Waals surface area contributed by atoms with Gasteiger partial charge in [0.2, 0.25) is 0 Å². The zero-order valence-corrected chi connectivity index (χ0v) is 26.7. The van der Waals surface area contributed by atoms with Gasteiger partial charge in [0.25, 0.3) is 0 Å². The van der Waals surface area contributed by atoms with Gasteiger partial charge in [-0.2, -0.15) is 5.26 Å². The summed E-state index contributed by atoms with van der Waals surface area (Å²) in [6, 6.07) is 19.2. The van der Waals surface area contributed by atoms with Gasteiger partial charge >= 0.3 is 0 Å². The molecule has 0 amide bonds. The summed E-state index contributed by atoms with van der Waals surface area (Å²) in [6.45, 7) is 9.50. The van der Waals surface area contributed by atoms with Crippen molar-refractivity contribution in [1.29, 1.82) is 5.26 Å². The standard InChI is InChI=1S/C36H35Cl2N3O4/c1-3-27-16-32(37)35(17-34(27)44-22-26-15-25(18-39)19-40-20-26)45-23-28-7-4-8-30(24(28)2)31-9-5-10-33(36(31)38)43-14-6-12-41-13-11-29(42)21-41/h3-5,7-10,15-17,19-20,29,42H,1,6,11-14,21-23H2,2H3/t29-/m1/s1. The molecule has 5 rings (SSSR count). The highest BCUT2D eigenvalue weighted by Crippen LogP contribution is 2.39. The smallest absolute Gasteiger partial charge is 0.142 e. The van der Waals surface area contributed by atoms with Crippen LogP contribution in [0.2, 0.25) is 10.0 Å². The van der Waals surface area contributed by atoms with E-state index >= 15 is 0 Å². The van der Waals surface area contributed by atoms with E-state index in [4.69, 9.17) is 42.7 Å². The Labute approximate surface area is 274 Å². The molecule has 45 heavy (non-hydrogen) atoms. The average Bonchev–Trinajstić information content (AvgIpc) is 3.47. The molecule has 0 spiro atoms. The lowest BCUT2D eigenvalue weighted by atomic mass is 9.96. The van der Waals surface area contributed by atoms with Crippen molar-refractivity contribution >= 4 is 29.3 Å². The second kappa shape index (κ2) is 15.3. The van der Waals surface area contributed by atoms with Gasteiger partial charge in [0.1, 0.15) is 36.5 Å². The zero-order valence-electron chi connectivity index (χ0n) is 25.1. The quantitative estimate of drug-likeness (QED) is 0.148. The Bertz CT molecular complexity index is 1700. The van der Waals surface area contributed by atoms with Crippen molar-refractivity contribution in [2.75, 3.05) is 26.2 Å². The normalized spacial score (nSPS) is 14.6. The summed E-state index contributed by atoms with van der Waals surface area (Å²) in [5.41, 5.74) is 5.84. The van der Waals surface area contributed by atoms with E-state index in [1.54, 1.807) is 30.5 Å². The number of benzene rings is 3. The van der Waals surface area contributed by atoms with E-state index in [2.05, 4.69) is 22.5 Å². The molecule has 0 saturated carbocycles. The summed E-state index contributed by atoms with van der Waals surface area (Å²) in [5, 5.41) is 19.9. The van der Waals surface area contributed by atoms with Gasteiger partial charge in [-0.25, -0.2) is 0 Å². The second-order valence-electron chi connectivity index (χ2n) is 10.9. The van der Waals surface area contributed by atoms with Gasteiger partial charge in [-0.15, -0.1) is 0 Å². The van der Waals surface area contributed by atoms with Gasteiger partial charge in [-0.05, 0) is 54.7 Å². The molecule has 0 radical (unpaired) electrons. The number of nitrogens with zero attached hydrogens (tertiary/aromatic N) is 3. The van der Waals surface area contributed by atoms with Crippen molar-refractivity contribution in [3.63, 3.8) is 0 Å². The Hall–Kier alpha value is -4.06. The fourth-order valence-electron chi connectivity index (χ4n) is 5.34. The minimum atomic E-state index is -0.217. The number of ether oxygens (including phenoxy) is 3. The Kier molecular flexibility index (Phi) is 11.0. The number of β-amino-alcohol motifs (C(OH)–C–C–N with tert-alkyl or cyclic N) is 1.